The van der Waals surface area contributed by atoms with Gasteiger partial charge in [0.05, 0.1) is 18.2 Å². The average molecular weight is 234 g/mol. The standard InChI is InChI=1S/C12H11FN2O2/c13-10-5-9(1-2-11(10)14)12(16)15-6-8-3-4-17-7-8/h1-5,7H,6,14H2,(H,15,16). The minimum Gasteiger partial charge on any atom is -0.472 e. The highest BCUT2D eigenvalue weighted by molar-refractivity contribution is 5.94. The van der Waals surface area contributed by atoms with Crippen molar-refractivity contribution in [3.8, 4) is 0 Å². The van der Waals surface area contributed by atoms with Crippen LogP contribution in [0.1, 0.15) is 15.9 Å². The maximum Gasteiger partial charge on any atom is 0.251 e. The summed E-state index contributed by atoms with van der Waals surface area (Å²) >= 11 is 0. The fourth-order valence-corrected chi connectivity index (χ4v) is 1.35. The van der Waals surface area contributed by atoms with Crippen molar-refractivity contribution >= 4 is 11.6 Å². The molecule has 1 heterocycles. The van der Waals surface area contributed by atoms with Crippen LogP contribution in [0.2, 0.25) is 0 Å². The van der Waals surface area contributed by atoms with Gasteiger partial charge in [0, 0.05) is 17.7 Å². The van der Waals surface area contributed by atoms with Gasteiger partial charge in [-0.3, -0.25) is 4.79 Å². The van der Waals surface area contributed by atoms with Crippen molar-refractivity contribution in [2.24, 2.45) is 0 Å². The Morgan fingerprint density at radius 2 is 2.24 bits per heavy atom. The van der Waals surface area contributed by atoms with Crippen molar-refractivity contribution in [3.63, 3.8) is 0 Å². The molecule has 0 unspecified atom stereocenters. The second kappa shape index (κ2) is 4.69. The first-order chi connectivity index (χ1) is 8.16. The Kier molecular flexibility index (Phi) is 3.09. The van der Waals surface area contributed by atoms with E-state index in [1.54, 1.807) is 6.07 Å². The van der Waals surface area contributed by atoms with E-state index in [9.17, 15) is 9.18 Å². The van der Waals surface area contributed by atoms with E-state index in [-0.39, 0.29) is 17.2 Å². The predicted molar refractivity (Wildman–Crippen MR) is 60.7 cm³/mol. The van der Waals surface area contributed by atoms with E-state index in [1.165, 1.54) is 24.7 Å². The highest BCUT2D eigenvalue weighted by Crippen LogP contribution is 2.12. The number of rotatable bonds is 3. The summed E-state index contributed by atoms with van der Waals surface area (Å²) in [5.41, 5.74) is 6.42. The summed E-state index contributed by atoms with van der Waals surface area (Å²) in [4.78, 5) is 11.7. The monoisotopic (exact) mass is 234 g/mol. The third-order valence-electron chi connectivity index (χ3n) is 2.30. The number of benzene rings is 1. The number of anilines is 1. The van der Waals surface area contributed by atoms with Crippen LogP contribution in [0.25, 0.3) is 0 Å². The van der Waals surface area contributed by atoms with Crippen molar-refractivity contribution in [3.05, 3.63) is 53.7 Å². The van der Waals surface area contributed by atoms with E-state index < -0.39 is 5.82 Å². The van der Waals surface area contributed by atoms with E-state index in [1.807, 2.05) is 0 Å². The molecule has 0 aliphatic carbocycles. The van der Waals surface area contributed by atoms with Gasteiger partial charge in [-0.15, -0.1) is 0 Å². The number of furan rings is 1. The van der Waals surface area contributed by atoms with Crippen molar-refractivity contribution in [2.45, 2.75) is 6.54 Å². The molecule has 2 rings (SSSR count). The molecule has 17 heavy (non-hydrogen) atoms. The largest absolute Gasteiger partial charge is 0.472 e. The van der Waals surface area contributed by atoms with Gasteiger partial charge in [-0.2, -0.15) is 0 Å². The quantitative estimate of drug-likeness (QED) is 0.797. The average Bonchev–Trinajstić information content (AvgIpc) is 2.82. The van der Waals surface area contributed by atoms with E-state index in [4.69, 9.17) is 10.2 Å². The number of halogens is 1. The second-order valence-electron chi connectivity index (χ2n) is 3.55. The van der Waals surface area contributed by atoms with Crippen LogP contribution in [-0.4, -0.2) is 5.91 Å². The minimum atomic E-state index is -0.596. The summed E-state index contributed by atoms with van der Waals surface area (Å²) in [6.07, 6.45) is 3.05. The normalized spacial score (nSPS) is 10.2. The van der Waals surface area contributed by atoms with Crippen LogP contribution < -0.4 is 11.1 Å². The van der Waals surface area contributed by atoms with Gasteiger partial charge in [0.1, 0.15) is 5.82 Å². The lowest BCUT2D eigenvalue weighted by molar-refractivity contribution is 0.0950. The molecule has 5 heteroatoms. The third kappa shape index (κ3) is 2.63. The lowest BCUT2D eigenvalue weighted by Gasteiger charge is -2.04. The number of hydrogen-bond donors (Lipinski definition) is 2. The van der Waals surface area contributed by atoms with Gasteiger partial charge in [0.2, 0.25) is 0 Å². The first-order valence-corrected chi connectivity index (χ1v) is 5.01. The zero-order chi connectivity index (χ0) is 12.3. The molecular formula is C12H11FN2O2. The molecule has 0 fully saturated rings. The van der Waals surface area contributed by atoms with E-state index >= 15 is 0 Å². The van der Waals surface area contributed by atoms with Gasteiger partial charge in [-0.1, -0.05) is 0 Å². The minimum absolute atomic E-state index is 0.0244. The molecule has 1 aromatic carbocycles. The lowest BCUT2D eigenvalue weighted by atomic mass is 10.2. The van der Waals surface area contributed by atoms with Gasteiger partial charge in [0.25, 0.3) is 5.91 Å². The lowest BCUT2D eigenvalue weighted by Crippen LogP contribution is -2.22. The molecule has 0 atom stereocenters. The molecular weight excluding hydrogens is 223 g/mol. The molecule has 3 N–H and O–H groups in total. The fraction of sp³-hybridized carbons (Fsp3) is 0.0833. The van der Waals surface area contributed by atoms with Crippen LogP contribution >= 0.6 is 0 Å². The zero-order valence-corrected chi connectivity index (χ0v) is 8.94. The number of carbonyl (C=O) groups is 1. The second-order valence-corrected chi connectivity index (χ2v) is 3.55. The summed E-state index contributed by atoms with van der Waals surface area (Å²) in [5.74, 6) is -0.953. The van der Waals surface area contributed by atoms with Crippen LogP contribution in [0.5, 0.6) is 0 Å². The number of amides is 1. The fourth-order valence-electron chi connectivity index (χ4n) is 1.35. The Morgan fingerprint density at radius 1 is 1.41 bits per heavy atom. The van der Waals surface area contributed by atoms with Crippen LogP contribution in [0.4, 0.5) is 10.1 Å². The number of nitrogens with one attached hydrogen (secondary N) is 1. The van der Waals surface area contributed by atoms with E-state index in [2.05, 4.69) is 5.32 Å². The molecule has 4 nitrogen and oxygen atoms in total. The van der Waals surface area contributed by atoms with Crippen molar-refractivity contribution in [1.82, 2.24) is 5.32 Å². The van der Waals surface area contributed by atoms with E-state index in [0.717, 1.165) is 11.6 Å². The molecule has 88 valence electrons. The number of nitrogens with two attached hydrogens (primary N) is 1. The van der Waals surface area contributed by atoms with Crippen LogP contribution in [0.3, 0.4) is 0 Å². The number of nitrogen functional groups attached to an aromatic ring is 1. The Balaban J connectivity index is 2.02. The molecule has 0 radical (unpaired) electrons. The van der Waals surface area contributed by atoms with Gasteiger partial charge in [-0.25, -0.2) is 4.39 Å². The van der Waals surface area contributed by atoms with Gasteiger partial charge < -0.3 is 15.5 Å². The van der Waals surface area contributed by atoms with Crippen LogP contribution in [0, 0.1) is 5.82 Å². The van der Waals surface area contributed by atoms with Crippen molar-refractivity contribution in [1.29, 1.82) is 0 Å². The summed E-state index contributed by atoms with van der Waals surface area (Å²) in [5, 5.41) is 2.64. The van der Waals surface area contributed by atoms with Gasteiger partial charge >= 0.3 is 0 Å². The molecule has 0 spiro atoms. The maximum atomic E-state index is 13.1. The molecule has 0 saturated heterocycles. The Hall–Kier alpha value is -2.30. The van der Waals surface area contributed by atoms with E-state index in [0.29, 0.717) is 6.54 Å². The highest BCUT2D eigenvalue weighted by Gasteiger charge is 2.08. The molecule has 0 aliphatic heterocycles. The third-order valence-corrected chi connectivity index (χ3v) is 2.30. The highest BCUT2D eigenvalue weighted by atomic mass is 19.1. The molecule has 1 aromatic heterocycles. The maximum absolute atomic E-state index is 13.1. The predicted octanol–water partition coefficient (Wildman–Crippen LogP) is 1.93. The Morgan fingerprint density at radius 3 is 2.88 bits per heavy atom. The SMILES string of the molecule is Nc1ccc(C(=O)NCc2ccoc2)cc1F. The smallest absolute Gasteiger partial charge is 0.251 e. The Bertz CT molecular complexity index is 523. The first-order valence-electron chi connectivity index (χ1n) is 5.01. The summed E-state index contributed by atoms with van der Waals surface area (Å²) < 4.78 is 18.0. The molecule has 2 aromatic rings. The van der Waals surface area contributed by atoms with Crippen molar-refractivity contribution < 1.29 is 13.6 Å². The van der Waals surface area contributed by atoms with Crippen LogP contribution in [0.15, 0.2) is 41.2 Å². The number of carbonyl (C=O) groups excluding carboxylic acids is 1. The van der Waals surface area contributed by atoms with Gasteiger partial charge in [0.15, 0.2) is 0 Å². The zero-order valence-electron chi connectivity index (χ0n) is 8.94. The Labute approximate surface area is 97.2 Å². The topological polar surface area (TPSA) is 68.3 Å². The first kappa shape index (κ1) is 11.2. The molecule has 1 amide bonds. The summed E-state index contributed by atoms with van der Waals surface area (Å²) in [7, 11) is 0. The molecule has 0 saturated carbocycles. The van der Waals surface area contributed by atoms with Gasteiger partial charge in [-0.05, 0) is 24.3 Å². The van der Waals surface area contributed by atoms with Crippen LogP contribution in [-0.2, 0) is 6.54 Å². The van der Waals surface area contributed by atoms with Crippen molar-refractivity contribution in [2.75, 3.05) is 5.73 Å². The number of hydrogen-bond acceptors (Lipinski definition) is 3. The summed E-state index contributed by atoms with van der Waals surface area (Å²) in [6, 6.07) is 5.69. The molecule has 0 bridgehead atoms. The summed E-state index contributed by atoms with van der Waals surface area (Å²) in [6.45, 7) is 0.335. The molecule has 0 aliphatic rings.